The van der Waals surface area contributed by atoms with Crippen LogP contribution in [0, 0.1) is 18.6 Å². The minimum absolute atomic E-state index is 0.0268. The van der Waals surface area contributed by atoms with Crippen molar-refractivity contribution in [2.75, 3.05) is 10.6 Å². The minimum atomic E-state index is -0.940. The number of para-hydroxylation sites is 1. The van der Waals surface area contributed by atoms with Crippen molar-refractivity contribution in [1.82, 2.24) is 4.98 Å². The Hall–Kier alpha value is -2.89. The smallest absolute Gasteiger partial charge is 0.249 e. The SMILES string of the molecule is Cc1c[nH]c2c(-c3c(F)cc4c(c3F)NC(=O)C(C)(C)N4)cccc12. The monoisotopic (exact) mass is 341 g/mol. The van der Waals surface area contributed by atoms with Crippen molar-refractivity contribution in [2.24, 2.45) is 0 Å². The number of carbonyl (C=O) groups excluding carboxylic acids is 1. The Labute approximate surface area is 143 Å². The average molecular weight is 341 g/mol. The first-order valence-corrected chi connectivity index (χ1v) is 7.98. The second-order valence-electron chi connectivity index (χ2n) is 6.87. The molecule has 0 aliphatic carbocycles. The van der Waals surface area contributed by atoms with E-state index in [0.717, 1.165) is 10.9 Å². The highest BCUT2D eigenvalue weighted by Crippen LogP contribution is 2.41. The van der Waals surface area contributed by atoms with Gasteiger partial charge in [-0.05, 0) is 32.4 Å². The largest absolute Gasteiger partial charge is 0.370 e. The van der Waals surface area contributed by atoms with Crippen LogP contribution in [0.1, 0.15) is 19.4 Å². The highest BCUT2D eigenvalue weighted by molar-refractivity contribution is 6.07. The van der Waals surface area contributed by atoms with E-state index in [1.807, 2.05) is 13.0 Å². The summed E-state index contributed by atoms with van der Waals surface area (Å²) in [5.74, 6) is -1.84. The Morgan fingerprint density at radius 2 is 1.92 bits per heavy atom. The Morgan fingerprint density at radius 3 is 2.68 bits per heavy atom. The van der Waals surface area contributed by atoms with Crippen LogP contribution in [0.4, 0.5) is 20.2 Å². The van der Waals surface area contributed by atoms with Gasteiger partial charge >= 0.3 is 0 Å². The zero-order valence-electron chi connectivity index (χ0n) is 14.1. The van der Waals surface area contributed by atoms with E-state index in [2.05, 4.69) is 15.6 Å². The molecule has 2 aromatic carbocycles. The highest BCUT2D eigenvalue weighted by Gasteiger charge is 2.36. The molecule has 0 unspecified atom stereocenters. The van der Waals surface area contributed by atoms with Gasteiger partial charge in [0.1, 0.15) is 17.0 Å². The number of aromatic amines is 1. The number of hydrogen-bond acceptors (Lipinski definition) is 2. The number of aryl methyl sites for hydroxylation is 1. The lowest BCUT2D eigenvalue weighted by Gasteiger charge is -2.33. The summed E-state index contributed by atoms with van der Waals surface area (Å²) >= 11 is 0. The van der Waals surface area contributed by atoms with E-state index in [0.29, 0.717) is 11.1 Å². The first-order valence-electron chi connectivity index (χ1n) is 7.98. The molecule has 1 amide bonds. The summed E-state index contributed by atoms with van der Waals surface area (Å²) < 4.78 is 30.0. The Morgan fingerprint density at radius 1 is 1.16 bits per heavy atom. The maximum Gasteiger partial charge on any atom is 0.249 e. The molecule has 1 aliphatic rings. The average Bonchev–Trinajstić information content (AvgIpc) is 2.92. The van der Waals surface area contributed by atoms with Gasteiger partial charge in [0.05, 0.1) is 16.8 Å². The molecule has 4 rings (SSSR count). The van der Waals surface area contributed by atoms with Crippen molar-refractivity contribution in [3.63, 3.8) is 0 Å². The molecular weight excluding hydrogens is 324 g/mol. The summed E-state index contributed by atoms with van der Waals surface area (Å²) in [7, 11) is 0. The van der Waals surface area contributed by atoms with Gasteiger partial charge in [-0.2, -0.15) is 0 Å². The molecule has 0 bridgehead atoms. The van der Waals surface area contributed by atoms with Crippen LogP contribution in [-0.4, -0.2) is 16.4 Å². The molecule has 0 saturated heterocycles. The maximum atomic E-state index is 15.2. The number of anilines is 2. The van der Waals surface area contributed by atoms with Crippen molar-refractivity contribution >= 4 is 28.2 Å². The van der Waals surface area contributed by atoms with Crippen molar-refractivity contribution in [2.45, 2.75) is 26.3 Å². The number of rotatable bonds is 1. The van der Waals surface area contributed by atoms with Gasteiger partial charge in [0.15, 0.2) is 5.82 Å². The fraction of sp³-hybridized carbons (Fsp3) is 0.211. The number of amides is 1. The van der Waals surface area contributed by atoms with E-state index in [1.165, 1.54) is 6.07 Å². The third-order valence-electron chi connectivity index (χ3n) is 4.66. The van der Waals surface area contributed by atoms with Crippen LogP contribution in [0.2, 0.25) is 0 Å². The number of H-pyrrole nitrogens is 1. The van der Waals surface area contributed by atoms with Crippen LogP contribution in [-0.2, 0) is 4.79 Å². The molecule has 3 N–H and O–H groups in total. The summed E-state index contributed by atoms with van der Waals surface area (Å²) in [6, 6.07) is 6.54. The summed E-state index contributed by atoms with van der Waals surface area (Å²) in [5.41, 5.74) is 1.18. The lowest BCUT2D eigenvalue weighted by Crippen LogP contribution is -2.47. The van der Waals surface area contributed by atoms with Gasteiger partial charge in [0.25, 0.3) is 0 Å². The van der Waals surface area contributed by atoms with E-state index < -0.39 is 17.2 Å². The van der Waals surface area contributed by atoms with E-state index in [4.69, 9.17) is 0 Å². The standard InChI is InChI=1S/C19H17F2N3O/c1-9-8-22-16-10(9)5-4-6-11(16)14-12(20)7-13-17(15(14)21)23-18(25)19(2,3)24-13/h4-8,22,24H,1-3H3,(H,23,25). The van der Waals surface area contributed by atoms with E-state index in [-0.39, 0.29) is 22.8 Å². The van der Waals surface area contributed by atoms with Crippen LogP contribution in [0.15, 0.2) is 30.5 Å². The Kier molecular flexibility index (Phi) is 3.16. The topological polar surface area (TPSA) is 56.9 Å². The summed E-state index contributed by atoms with van der Waals surface area (Å²) in [6.07, 6.45) is 1.80. The van der Waals surface area contributed by atoms with Crippen molar-refractivity contribution in [1.29, 1.82) is 0 Å². The fourth-order valence-electron chi connectivity index (χ4n) is 3.25. The lowest BCUT2D eigenvalue weighted by molar-refractivity contribution is -0.119. The summed E-state index contributed by atoms with van der Waals surface area (Å²) in [4.78, 5) is 15.2. The molecule has 1 aliphatic heterocycles. The van der Waals surface area contributed by atoms with Crippen LogP contribution in [0.5, 0.6) is 0 Å². The lowest BCUT2D eigenvalue weighted by atomic mass is 9.95. The van der Waals surface area contributed by atoms with Gasteiger partial charge in [0.2, 0.25) is 5.91 Å². The molecule has 0 fully saturated rings. The molecule has 3 aromatic rings. The zero-order valence-corrected chi connectivity index (χ0v) is 14.1. The van der Waals surface area contributed by atoms with Gasteiger partial charge in [-0.15, -0.1) is 0 Å². The van der Waals surface area contributed by atoms with E-state index in [1.54, 1.807) is 32.2 Å². The molecule has 0 spiro atoms. The molecule has 2 heterocycles. The molecule has 4 nitrogen and oxygen atoms in total. The van der Waals surface area contributed by atoms with Crippen LogP contribution in [0.3, 0.4) is 0 Å². The van der Waals surface area contributed by atoms with Crippen LogP contribution < -0.4 is 10.6 Å². The number of hydrogen-bond donors (Lipinski definition) is 3. The second-order valence-corrected chi connectivity index (χ2v) is 6.87. The van der Waals surface area contributed by atoms with Crippen molar-refractivity contribution in [3.05, 3.63) is 47.7 Å². The molecule has 0 radical (unpaired) electrons. The van der Waals surface area contributed by atoms with Gasteiger partial charge in [-0.25, -0.2) is 8.78 Å². The molecule has 1 aromatic heterocycles. The van der Waals surface area contributed by atoms with Gasteiger partial charge < -0.3 is 15.6 Å². The third kappa shape index (κ3) is 2.21. The first kappa shape index (κ1) is 15.6. The molecule has 0 atom stereocenters. The van der Waals surface area contributed by atoms with E-state index >= 15 is 4.39 Å². The number of aromatic nitrogens is 1. The van der Waals surface area contributed by atoms with Gasteiger partial charge in [-0.1, -0.05) is 18.2 Å². The predicted octanol–water partition coefficient (Wildman–Crippen LogP) is 4.56. The molecule has 0 saturated carbocycles. The normalized spacial score (nSPS) is 15.6. The minimum Gasteiger partial charge on any atom is -0.370 e. The molecule has 25 heavy (non-hydrogen) atoms. The summed E-state index contributed by atoms with van der Waals surface area (Å²) in [5, 5.41) is 6.34. The zero-order chi connectivity index (χ0) is 17.9. The van der Waals surface area contributed by atoms with E-state index in [9.17, 15) is 9.18 Å². The Balaban J connectivity index is 1.98. The fourth-order valence-corrected chi connectivity index (χ4v) is 3.25. The highest BCUT2D eigenvalue weighted by atomic mass is 19.1. The molecule has 6 heteroatoms. The third-order valence-corrected chi connectivity index (χ3v) is 4.66. The molecular formula is C19H17F2N3O. The predicted molar refractivity (Wildman–Crippen MR) is 94.7 cm³/mol. The van der Waals surface area contributed by atoms with Crippen LogP contribution in [0.25, 0.3) is 22.0 Å². The maximum absolute atomic E-state index is 15.2. The number of halogens is 2. The quantitative estimate of drug-likeness (QED) is 0.607. The van der Waals surface area contributed by atoms with Crippen molar-refractivity contribution in [3.8, 4) is 11.1 Å². The Bertz CT molecular complexity index is 1040. The van der Waals surface area contributed by atoms with Crippen LogP contribution >= 0.6 is 0 Å². The van der Waals surface area contributed by atoms with Crippen molar-refractivity contribution < 1.29 is 13.6 Å². The van der Waals surface area contributed by atoms with Gasteiger partial charge in [0, 0.05) is 17.1 Å². The van der Waals surface area contributed by atoms with Gasteiger partial charge in [-0.3, -0.25) is 4.79 Å². The number of fused-ring (bicyclic) bond motifs is 2. The first-order chi connectivity index (χ1) is 11.8. The second kappa shape index (κ2) is 5.05. The number of nitrogens with one attached hydrogen (secondary N) is 3. The number of benzene rings is 2. The summed E-state index contributed by atoms with van der Waals surface area (Å²) in [6.45, 7) is 5.23. The number of carbonyl (C=O) groups is 1. The molecule has 128 valence electrons.